The van der Waals surface area contributed by atoms with Crippen LogP contribution in [-0.2, 0) is 6.42 Å². The number of thioether (sulfide) groups is 1. The normalized spacial score (nSPS) is 18.5. The SMILES string of the molecule is CCNC(=NCCCc1nc(C)cs1)N1CCSC(C)(C)C1. The van der Waals surface area contributed by atoms with Crippen molar-refractivity contribution in [3.05, 3.63) is 16.1 Å². The van der Waals surface area contributed by atoms with Crippen LogP contribution in [0.3, 0.4) is 0 Å². The Morgan fingerprint density at radius 3 is 2.95 bits per heavy atom. The van der Waals surface area contributed by atoms with E-state index in [0.29, 0.717) is 4.75 Å². The zero-order valence-corrected chi connectivity index (χ0v) is 15.8. The maximum Gasteiger partial charge on any atom is 0.193 e. The molecule has 6 heteroatoms. The van der Waals surface area contributed by atoms with E-state index >= 15 is 0 Å². The smallest absolute Gasteiger partial charge is 0.193 e. The largest absolute Gasteiger partial charge is 0.357 e. The van der Waals surface area contributed by atoms with Gasteiger partial charge in [0, 0.05) is 54.2 Å². The van der Waals surface area contributed by atoms with Crippen LogP contribution in [-0.4, -0.2) is 52.5 Å². The van der Waals surface area contributed by atoms with Gasteiger partial charge in [-0.3, -0.25) is 4.99 Å². The predicted molar refractivity (Wildman–Crippen MR) is 99.3 cm³/mol. The van der Waals surface area contributed by atoms with Crippen molar-refractivity contribution in [3.63, 3.8) is 0 Å². The summed E-state index contributed by atoms with van der Waals surface area (Å²) in [6.07, 6.45) is 2.09. The second kappa shape index (κ2) is 8.20. The van der Waals surface area contributed by atoms with Crippen molar-refractivity contribution < 1.29 is 0 Å². The van der Waals surface area contributed by atoms with Gasteiger partial charge in [-0.25, -0.2) is 4.98 Å². The van der Waals surface area contributed by atoms with Crippen molar-refractivity contribution in [1.29, 1.82) is 0 Å². The van der Waals surface area contributed by atoms with Crippen molar-refractivity contribution >= 4 is 29.1 Å². The van der Waals surface area contributed by atoms with Crippen LogP contribution in [0.1, 0.15) is 37.9 Å². The van der Waals surface area contributed by atoms with E-state index in [4.69, 9.17) is 4.99 Å². The van der Waals surface area contributed by atoms with Gasteiger partial charge in [0.25, 0.3) is 0 Å². The number of rotatable bonds is 5. The van der Waals surface area contributed by atoms with E-state index in [9.17, 15) is 0 Å². The van der Waals surface area contributed by atoms with Crippen molar-refractivity contribution in [2.24, 2.45) is 4.99 Å². The standard InChI is InChI=1S/C16H28N4S2/c1-5-17-15(20-9-10-22-16(3,4)12-20)18-8-6-7-14-19-13(2)11-21-14/h11H,5-10,12H2,1-4H3,(H,17,18). The average molecular weight is 341 g/mol. The molecule has 2 rings (SSSR count). The van der Waals surface area contributed by atoms with Crippen molar-refractivity contribution in [2.75, 3.05) is 31.9 Å². The highest BCUT2D eigenvalue weighted by atomic mass is 32.2. The van der Waals surface area contributed by atoms with Crippen molar-refractivity contribution in [1.82, 2.24) is 15.2 Å². The average Bonchev–Trinajstić information content (AvgIpc) is 2.87. The molecule has 0 spiro atoms. The van der Waals surface area contributed by atoms with E-state index in [1.54, 1.807) is 11.3 Å². The van der Waals surface area contributed by atoms with Crippen LogP contribution >= 0.6 is 23.1 Å². The van der Waals surface area contributed by atoms with Crippen molar-refractivity contribution in [3.8, 4) is 0 Å². The lowest BCUT2D eigenvalue weighted by atomic mass is 10.2. The second-order valence-electron chi connectivity index (χ2n) is 6.25. The van der Waals surface area contributed by atoms with E-state index < -0.39 is 0 Å². The molecule has 0 radical (unpaired) electrons. The Balaban J connectivity index is 1.86. The zero-order chi connectivity index (χ0) is 16.0. The Bertz CT molecular complexity index is 496. The zero-order valence-electron chi connectivity index (χ0n) is 14.2. The summed E-state index contributed by atoms with van der Waals surface area (Å²) in [5.41, 5.74) is 1.13. The lowest BCUT2D eigenvalue weighted by Gasteiger charge is -2.39. The third-order valence-corrected chi connectivity index (χ3v) is 5.86. The summed E-state index contributed by atoms with van der Waals surface area (Å²) in [5, 5.41) is 6.80. The van der Waals surface area contributed by atoms with Crippen LogP contribution < -0.4 is 5.32 Å². The number of thiazole rings is 1. The van der Waals surface area contributed by atoms with Gasteiger partial charge in [-0.15, -0.1) is 11.3 Å². The third-order valence-electron chi connectivity index (χ3n) is 3.54. The minimum atomic E-state index is 0.312. The Hall–Kier alpha value is -0.750. The summed E-state index contributed by atoms with van der Waals surface area (Å²) in [5.74, 6) is 2.25. The van der Waals surface area contributed by atoms with E-state index in [2.05, 4.69) is 60.0 Å². The van der Waals surface area contributed by atoms with E-state index in [0.717, 1.165) is 50.7 Å². The van der Waals surface area contributed by atoms with Gasteiger partial charge < -0.3 is 10.2 Å². The van der Waals surface area contributed by atoms with Crippen LogP contribution in [0, 0.1) is 6.92 Å². The first-order chi connectivity index (χ1) is 10.5. The van der Waals surface area contributed by atoms with Crippen molar-refractivity contribution in [2.45, 2.75) is 45.3 Å². The molecular weight excluding hydrogens is 312 g/mol. The maximum atomic E-state index is 4.82. The fourth-order valence-electron chi connectivity index (χ4n) is 2.56. The number of aromatic nitrogens is 1. The monoisotopic (exact) mass is 340 g/mol. The summed E-state index contributed by atoms with van der Waals surface area (Å²) >= 11 is 3.81. The lowest BCUT2D eigenvalue weighted by Crippen LogP contribution is -2.51. The summed E-state index contributed by atoms with van der Waals surface area (Å²) in [6.45, 7) is 12.8. The molecule has 1 aromatic heterocycles. The molecule has 1 aromatic rings. The quantitative estimate of drug-likeness (QED) is 0.508. The number of aryl methyl sites for hydroxylation is 2. The van der Waals surface area contributed by atoms with E-state index in [-0.39, 0.29) is 0 Å². The van der Waals surface area contributed by atoms with Gasteiger partial charge in [0.2, 0.25) is 0 Å². The first kappa shape index (κ1) is 17.6. The number of aliphatic imine (C=N–C) groups is 1. The van der Waals surface area contributed by atoms with Gasteiger partial charge in [-0.05, 0) is 34.1 Å². The molecule has 1 aliphatic heterocycles. The molecule has 124 valence electrons. The second-order valence-corrected chi connectivity index (χ2v) is 9.00. The Kier molecular flexibility index (Phi) is 6.56. The molecule has 0 bridgehead atoms. The van der Waals surface area contributed by atoms with Crippen LogP contribution in [0.4, 0.5) is 0 Å². The Morgan fingerprint density at radius 1 is 1.50 bits per heavy atom. The van der Waals surface area contributed by atoms with E-state index in [1.165, 1.54) is 10.8 Å². The first-order valence-corrected chi connectivity index (χ1v) is 9.95. The molecular formula is C16H28N4S2. The molecule has 0 aromatic carbocycles. The fourth-order valence-corrected chi connectivity index (χ4v) is 4.49. The molecule has 1 N–H and O–H groups in total. The Morgan fingerprint density at radius 2 is 2.32 bits per heavy atom. The van der Waals surface area contributed by atoms with Crippen LogP contribution in [0.25, 0.3) is 0 Å². The molecule has 0 atom stereocenters. The molecule has 22 heavy (non-hydrogen) atoms. The highest BCUT2D eigenvalue weighted by Crippen LogP contribution is 2.29. The van der Waals surface area contributed by atoms with Gasteiger partial charge in [0.05, 0.1) is 5.01 Å². The highest BCUT2D eigenvalue weighted by Gasteiger charge is 2.28. The molecule has 2 heterocycles. The first-order valence-electron chi connectivity index (χ1n) is 8.08. The van der Waals surface area contributed by atoms with Crippen LogP contribution in [0.5, 0.6) is 0 Å². The minimum Gasteiger partial charge on any atom is -0.357 e. The molecule has 1 aliphatic rings. The summed E-state index contributed by atoms with van der Waals surface area (Å²) in [7, 11) is 0. The van der Waals surface area contributed by atoms with Gasteiger partial charge in [-0.1, -0.05) is 0 Å². The predicted octanol–water partition coefficient (Wildman–Crippen LogP) is 3.18. The summed E-state index contributed by atoms with van der Waals surface area (Å²) in [4.78, 5) is 11.7. The summed E-state index contributed by atoms with van der Waals surface area (Å²) < 4.78 is 0.312. The topological polar surface area (TPSA) is 40.5 Å². The molecule has 1 saturated heterocycles. The van der Waals surface area contributed by atoms with E-state index in [1.807, 2.05) is 0 Å². The molecule has 0 saturated carbocycles. The minimum absolute atomic E-state index is 0.312. The number of nitrogens with one attached hydrogen (secondary N) is 1. The molecule has 1 fully saturated rings. The molecule has 4 nitrogen and oxygen atoms in total. The maximum absolute atomic E-state index is 4.82. The number of hydrogen-bond donors (Lipinski definition) is 1. The number of nitrogens with zero attached hydrogens (tertiary/aromatic N) is 3. The third kappa shape index (κ3) is 5.47. The molecule has 0 aliphatic carbocycles. The number of guanidine groups is 1. The molecule has 0 amide bonds. The lowest BCUT2D eigenvalue weighted by molar-refractivity contribution is 0.376. The van der Waals surface area contributed by atoms with Crippen LogP contribution in [0.2, 0.25) is 0 Å². The number of hydrogen-bond acceptors (Lipinski definition) is 4. The van der Waals surface area contributed by atoms with Gasteiger partial charge in [0.15, 0.2) is 5.96 Å². The van der Waals surface area contributed by atoms with Gasteiger partial charge in [0.1, 0.15) is 0 Å². The summed E-state index contributed by atoms with van der Waals surface area (Å²) in [6, 6.07) is 0. The van der Waals surface area contributed by atoms with Gasteiger partial charge >= 0.3 is 0 Å². The fraction of sp³-hybridized carbons (Fsp3) is 0.750. The van der Waals surface area contributed by atoms with Gasteiger partial charge in [-0.2, -0.15) is 11.8 Å². The Labute approximate surface area is 142 Å². The highest BCUT2D eigenvalue weighted by molar-refractivity contribution is 8.00. The van der Waals surface area contributed by atoms with Crippen LogP contribution in [0.15, 0.2) is 10.4 Å². The molecule has 0 unspecified atom stereocenters.